The molecule has 0 radical (unpaired) electrons. The van der Waals surface area contributed by atoms with E-state index in [-0.39, 0.29) is 16.5 Å². The Balaban J connectivity index is 1.53. The normalized spacial score (nSPS) is 20.7. The van der Waals surface area contributed by atoms with Crippen LogP contribution in [0.5, 0.6) is 0 Å². The number of nitrogens with zero attached hydrogens (tertiary/aromatic N) is 4. The second kappa shape index (κ2) is 12.4. The molecule has 0 aromatic carbocycles. The number of esters is 2. The molecular formula is C25H28N6O7S3. The molecule has 13 nitrogen and oxygen atoms in total. The van der Waals surface area contributed by atoms with E-state index in [1.165, 1.54) is 35.1 Å². The fraction of sp³-hybridized carbons (Fsp3) is 0.400. The van der Waals surface area contributed by atoms with Crippen molar-refractivity contribution in [1.29, 1.82) is 0 Å². The molecule has 0 saturated carbocycles. The Morgan fingerprint density at radius 2 is 1.98 bits per heavy atom. The number of carbonyl (C=O) groups is 4. The molecule has 2 aliphatic heterocycles. The first-order valence-electron chi connectivity index (χ1n) is 12.2. The summed E-state index contributed by atoms with van der Waals surface area (Å²) in [7, 11) is 1.28. The molecule has 41 heavy (non-hydrogen) atoms. The van der Waals surface area contributed by atoms with E-state index in [4.69, 9.17) is 20.0 Å². The third-order valence-electron chi connectivity index (χ3n) is 5.90. The molecular weight excluding hydrogens is 593 g/mol. The van der Waals surface area contributed by atoms with Gasteiger partial charge in [-0.05, 0) is 44.8 Å². The van der Waals surface area contributed by atoms with Gasteiger partial charge in [-0.2, -0.15) is 0 Å². The second-order valence-corrected chi connectivity index (χ2v) is 12.6. The molecule has 3 atom stereocenters. The van der Waals surface area contributed by atoms with Crippen molar-refractivity contribution in [2.45, 2.75) is 45.2 Å². The largest absolute Gasteiger partial charge is 0.427 e. The van der Waals surface area contributed by atoms with Gasteiger partial charge in [-0.3, -0.25) is 14.4 Å². The number of oxime groups is 1. The van der Waals surface area contributed by atoms with Gasteiger partial charge in [0, 0.05) is 10.3 Å². The average Bonchev–Trinajstić information content (AvgIpc) is 3.54. The summed E-state index contributed by atoms with van der Waals surface area (Å²) >= 11 is 3.81. The summed E-state index contributed by atoms with van der Waals surface area (Å²) in [6.45, 7) is 6.27. The van der Waals surface area contributed by atoms with E-state index < -0.39 is 53.4 Å². The molecule has 4 heterocycles. The maximum absolute atomic E-state index is 13.4. The number of nitrogens with two attached hydrogens (primary N) is 1. The van der Waals surface area contributed by atoms with Crippen LogP contribution >= 0.6 is 34.4 Å². The van der Waals surface area contributed by atoms with Gasteiger partial charge in [0.05, 0.1) is 16.6 Å². The number of nitrogen functional groups attached to an aromatic ring is 1. The Bertz CT molecular complexity index is 1440. The Hall–Kier alpha value is -3.76. The van der Waals surface area contributed by atoms with E-state index in [9.17, 15) is 19.2 Å². The fourth-order valence-corrected chi connectivity index (χ4v) is 6.22. The van der Waals surface area contributed by atoms with Gasteiger partial charge in [0.15, 0.2) is 16.9 Å². The van der Waals surface area contributed by atoms with Crippen molar-refractivity contribution in [2.24, 2.45) is 10.6 Å². The van der Waals surface area contributed by atoms with Crippen LogP contribution in [-0.2, 0) is 33.5 Å². The number of nitrogens with one attached hydrogen (secondary N) is 1. The number of thioether (sulfide) groups is 1. The Labute approximate surface area is 247 Å². The molecule has 0 spiro atoms. The van der Waals surface area contributed by atoms with Crippen LogP contribution in [0.1, 0.15) is 37.0 Å². The number of fused-ring (bicyclic) bond motifs is 1. The minimum atomic E-state index is -1.13. The third kappa shape index (κ3) is 6.60. The molecule has 218 valence electrons. The summed E-state index contributed by atoms with van der Waals surface area (Å²) in [4.78, 5) is 67.1. The minimum Gasteiger partial charge on any atom is -0.427 e. The number of aryl methyl sites for hydroxylation is 1. The number of thiazole rings is 2. The number of ether oxygens (including phenoxy) is 2. The molecule has 2 aliphatic rings. The van der Waals surface area contributed by atoms with Crippen LogP contribution in [-0.4, -0.2) is 75.7 Å². The maximum Gasteiger partial charge on any atom is 0.336 e. The summed E-state index contributed by atoms with van der Waals surface area (Å²) < 4.78 is 10.4. The van der Waals surface area contributed by atoms with Gasteiger partial charge in [0.25, 0.3) is 5.91 Å². The van der Waals surface area contributed by atoms with Crippen molar-refractivity contribution in [1.82, 2.24) is 20.2 Å². The van der Waals surface area contributed by atoms with E-state index in [0.717, 1.165) is 21.9 Å². The predicted molar refractivity (Wildman–Crippen MR) is 154 cm³/mol. The number of rotatable bonds is 9. The number of hydrogen-bond acceptors (Lipinski definition) is 14. The van der Waals surface area contributed by atoms with Gasteiger partial charge in [0.1, 0.15) is 24.2 Å². The maximum atomic E-state index is 13.4. The summed E-state index contributed by atoms with van der Waals surface area (Å²) in [5.41, 5.74) is 7.96. The number of β-lactam (4-membered cyclic amide) rings is 1. The Morgan fingerprint density at radius 3 is 2.59 bits per heavy atom. The first-order valence-corrected chi connectivity index (χ1v) is 14.9. The highest BCUT2D eigenvalue weighted by molar-refractivity contribution is 8.03. The van der Waals surface area contributed by atoms with Crippen molar-refractivity contribution in [2.75, 3.05) is 19.6 Å². The minimum absolute atomic E-state index is 0.150. The highest BCUT2D eigenvalue weighted by Crippen LogP contribution is 2.41. The topological polar surface area (TPSA) is 175 Å². The standard InChI is InChI=1S/C25H28N6O7S3/c1-12-15(41-10-27-12)7-6-13-8-39-21-17(29-19(32)16(30-36-5)14-9-40-24(26)28-14)20(33)31(21)18(13)22(34)37-11-38-23(35)25(2,3)4/h6-10,17-18,21H,11H2,1-5H3,(H2,26,28)(H,29,32)/b7-6-,30-16-/t17-,18?,21-/m1/s1. The molecule has 1 fully saturated rings. The van der Waals surface area contributed by atoms with E-state index in [1.807, 2.05) is 6.92 Å². The molecule has 2 aromatic rings. The predicted octanol–water partition coefficient (Wildman–Crippen LogP) is 2.30. The average molecular weight is 621 g/mol. The number of hydrogen-bond donors (Lipinski definition) is 2. The van der Waals surface area contributed by atoms with Crippen LogP contribution in [0.25, 0.3) is 6.08 Å². The Morgan fingerprint density at radius 1 is 1.22 bits per heavy atom. The smallest absolute Gasteiger partial charge is 0.336 e. The lowest BCUT2D eigenvalue weighted by Gasteiger charge is -2.51. The van der Waals surface area contributed by atoms with E-state index in [0.29, 0.717) is 5.57 Å². The van der Waals surface area contributed by atoms with Crippen LogP contribution < -0.4 is 11.1 Å². The zero-order valence-electron chi connectivity index (χ0n) is 22.8. The summed E-state index contributed by atoms with van der Waals surface area (Å²) in [6, 6.07) is -2.10. The van der Waals surface area contributed by atoms with Crippen LogP contribution in [0, 0.1) is 12.3 Å². The quantitative estimate of drug-likeness (QED) is 0.138. The van der Waals surface area contributed by atoms with Crippen molar-refractivity contribution in [3.63, 3.8) is 0 Å². The van der Waals surface area contributed by atoms with Gasteiger partial charge in [-0.15, -0.1) is 34.4 Å². The molecule has 16 heteroatoms. The van der Waals surface area contributed by atoms with Gasteiger partial charge in [0.2, 0.25) is 12.7 Å². The summed E-state index contributed by atoms with van der Waals surface area (Å²) in [6.07, 6.45) is 3.52. The van der Waals surface area contributed by atoms with Crippen molar-refractivity contribution < 1.29 is 33.5 Å². The first-order chi connectivity index (χ1) is 19.4. The lowest BCUT2D eigenvalue weighted by molar-refractivity contribution is -0.179. The molecule has 0 aliphatic carbocycles. The highest BCUT2D eigenvalue weighted by Gasteiger charge is 2.56. The van der Waals surface area contributed by atoms with Crippen LogP contribution in [0.15, 0.2) is 33.1 Å². The fourth-order valence-electron chi connectivity index (χ4n) is 3.77. The van der Waals surface area contributed by atoms with E-state index >= 15 is 0 Å². The van der Waals surface area contributed by atoms with Crippen molar-refractivity contribution in [3.8, 4) is 0 Å². The number of aromatic nitrogens is 2. The molecule has 0 bridgehead atoms. The van der Waals surface area contributed by atoms with E-state index in [2.05, 4.69) is 20.4 Å². The molecule has 3 N–H and O–H groups in total. The zero-order valence-corrected chi connectivity index (χ0v) is 25.2. The Kier molecular flexibility index (Phi) is 9.14. The third-order valence-corrected chi connectivity index (χ3v) is 8.66. The zero-order chi connectivity index (χ0) is 29.9. The van der Waals surface area contributed by atoms with Gasteiger partial charge in [-0.25, -0.2) is 14.8 Å². The summed E-state index contributed by atoms with van der Waals surface area (Å²) in [5, 5.41) is 9.30. The molecule has 4 rings (SSSR count). The molecule has 1 unspecified atom stereocenters. The van der Waals surface area contributed by atoms with Crippen LogP contribution in [0.4, 0.5) is 5.13 Å². The monoisotopic (exact) mass is 620 g/mol. The van der Waals surface area contributed by atoms with Crippen molar-refractivity contribution in [3.05, 3.63) is 44.2 Å². The summed E-state index contributed by atoms with van der Waals surface area (Å²) in [5.74, 6) is -2.53. The SMILES string of the molecule is CO/N=C(\C(=O)N[C@@H]1C(=O)N2C(C(=O)OCOC(=O)C(C)(C)C)C(/C=C\c3scnc3C)=CS[C@H]12)c1csc(N)n1. The number of amides is 2. The van der Waals surface area contributed by atoms with Gasteiger partial charge < -0.3 is 30.3 Å². The van der Waals surface area contributed by atoms with Gasteiger partial charge >= 0.3 is 11.9 Å². The lowest BCUT2D eigenvalue weighted by atomic mass is 9.97. The van der Waals surface area contributed by atoms with Crippen molar-refractivity contribution >= 4 is 75.1 Å². The number of anilines is 1. The second-order valence-electron chi connectivity index (χ2n) is 9.84. The molecule has 2 amide bonds. The van der Waals surface area contributed by atoms with Crippen LogP contribution in [0.3, 0.4) is 0 Å². The highest BCUT2D eigenvalue weighted by atomic mass is 32.2. The first kappa shape index (κ1) is 30.2. The lowest BCUT2D eigenvalue weighted by Crippen LogP contribution is -2.74. The molecule has 1 saturated heterocycles. The van der Waals surface area contributed by atoms with Crippen LogP contribution in [0.2, 0.25) is 0 Å². The number of carbonyl (C=O) groups excluding carboxylic acids is 4. The van der Waals surface area contributed by atoms with Gasteiger partial charge in [-0.1, -0.05) is 11.2 Å². The van der Waals surface area contributed by atoms with E-state index in [1.54, 1.807) is 49.2 Å². The molecule has 2 aromatic heterocycles.